The lowest BCUT2D eigenvalue weighted by atomic mass is 9.74. The van der Waals surface area contributed by atoms with E-state index in [4.69, 9.17) is 19.7 Å². The molecule has 1 fully saturated rings. The third kappa shape index (κ3) is 13.2. The van der Waals surface area contributed by atoms with Crippen LogP contribution in [0.5, 0.6) is 0 Å². The van der Waals surface area contributed by atoms with Crippen molar-refractivity contribution < 1.29 is 29.3 Å². The second kappa shape index (κ2) is 19.8. The summed E-state index contributed by atoms with van der Waals surface area (Å²) >= 11 is 0. The molecule has 1 atom stereocenters. The monoisotopic (exact) mass is 516 g/mol. The van der Waals surface area contributed by atoms with Gasteiger partial charge in [0.1, 0.15) is 6.29 Å². The highest BCUT2D eigenvalue weighted by molar-refractivity contribution is 5.87. The van der Waals surface area contributed by atoms with Gasteiger partial charge >= 0.3 is 5.97 Å². The van der Waals surface area contributed by atoms with Crippen molar-refractivity contribution in [2.75, 3.05) is 33.5 Å². The SMILES string of the molecule is C=C(C=O)CO.C=C(CO)C(=O)OCC(COC)C1CCC(c2ccc(CCCCCCC)cc2)CC1. The maximum atomic E-state index is 11.8. The van der Waals surface area contributed by atoms with Crippen LogP contribution in [-0.2, 0) is 25.5 Å². The van der Waals surface area contributed by atoms with Gasteiger partial charge < -0.3 is 19.7 Å². The molecule has 0 aromatic heterocycles. The molecule has 0 saturated heterocycles. The molecule has 2 rings (SSSR count). The molecule has 0 heterocycles. The molecule has 6 nitrogen and oxygen atoms in total. The largest absolute Gasteiger partial charge is 0.462 e. The van der Waals surface area contributed by atoms with E-state index in [9.17, 15) is 9.59 Å². The topological polar surface area (TPSA) is 93.1 Å². The van der Waals surface area contributed by atoms with Crippen LogP contribution < -0.4 is 0 Å². The molecule has 1 aliphatic carbocycles. The summed E-state index contributed by atoms with van der Waals surface area (Å²) in [5.74, 6) is 0.794. The van der Waals surface area contributed by atoms with Gasteiger partial charge in [0.15, 0.2) is 0 Å². The van der Waals surface area contributed by atoms with Gasteiger partial charge in [0.05, 0.1) is 32.0 Å². The van der Waals surface area contributed by atoms with Crippen LogP contribution >= 0.6 is 0 Å². The molecule has 2 N–H and O–H groups in total. The molecule has 1 saturated carbocycles. The fraction of sp³-hybridized carbons (Fsp3) is 0.613. The van der Waals surface area contributed by atoms with E-state index < -0.39 is 5.97 Å². The fourth-order valence-corrected chi connectivity index (χ4v) is 4.73. The zero-order chi connectivity index (χ0) is 27.5. The lowest BCUT2D eigenvalue weighted by Crippen LogP contribution is -2.29. The number of esters is 1. The molecule has 1 aromatic rings. The van der Waals surface area contributed by atoms with Crippen LogP contribution in [0.1, 0.15) is 81.8 Å². The number of carbonyl (C=O) groups excluding carboxylic acids is 2. The van der Waals surface area contributed by atoms with Gasteiger partial charge in [0.2, 0.25) is 0 Å². The van der Waals surface area contributed by atoms with Gasteiger partial charge in [0, 0.05) is 18.6 Å². The quantitative estimate of drug-likeness (QED) is 0.129. The van der Waals surface area contributed by atoms with Crippen LogP contribution in [0.2, 0.25) is 0 Å². The number of hydrogen-bond donors (Lipinski definition) is 2. The van der Waals surface area contributed by atoms with Gasteiger partial charge in [-0.3, -0.25) is 4.79 Å². The normalized spacial score (nSPS) is 17.7. The molecule has 6 heteroatoms. The number of benzene rings is 1. The Labute approximate surface area is 223 Å². The summed E-state index contributed by atoms with van der Waals surface area (Å²) in [6.07, 6.45) is 12.9. The lowest BCUT2D eigenvalue weighted by Gasteiger charge is -2.33. The van der Waals surface area contributed by atoms with Crippen molar-refractivity contribution in [3.05, 3.63) is 59.7 Å². The highest BCUT2D eigenvalue weighted by Gasteiger charge is 2.29. The van der Waals surface area contributed by atoms with Crippen LogP contribution in [0.25, 0.3) is 0 Å². The van der Waals surface area contributed by atoms with E-state index in [0.717, 1.165) is 12.8 Å². The molecule has 1 unspecified atom stereocenters. The Bertz CT molecular complexity index is 792. The standard InChI is InChI=1S/C27H42O4.C4H6O2/c1-4-5-6-7-8-9-22-10-12-23(13-11-22)24-14-16-25(17-15-24)26(19-30-3)20-31-27(29)21(2)18-28;1-4(2-5)3-6/h10-13,24-26,28H,2,4-9,14-20H2,1,3H3;2,6H,1,3H2. The third-order valence-corrected chi connectivity index (χ3v) is 7.12. The van der Waals surface area contributed by atoms with Crippen LogP contribution in [0.15, 0.2) is 48.6 Å². The number of ether oxygens (including phenoxy) is 2. The first kappa shape index (κ1) is 32.7. The summed E-state index contributed by atoms with van der Waals surface area (Å²) in [5, 5.41) is 17.0. The van der Waals surface area contributed by atoms with Crippen LogP contribution in [0.4, 0.5) is 0 Å². The van der Waals surface area contributed by atoms with E-state index in [0.29, 0.717) is 31.3 Å². The molecule has 0 radical (unpaired) electrons. The molecule has 1 aromatic carbocycles. The number of carbonyl (C=O) groups is 2. The van der Waals surface area contributed by atoms with Crippen molar-refractivity contribution in [3.63, 3.8) is 0 Å². The van der Waals surface area contributed by atoms with E-state index in [2.05, 4.69) is 44.3 Å². The smallest absolute Gasteiger partial charge is 0.335 e. The number of unbranched alkanes of at least 4 members (excludes halogenated alkanes) is 4. The molecular formula is C31H48O6. The van der Waals surface area contributed by atoms with Gasteiger partial charge in [-0.25, -0.2) is 4.79 Å². The van der Waals surface area contributed by atoms with E-state index in [1.165, 1.54) is 62.5 Å². The Morgan fingerprint density at radius 2 is 1.65 bits per heavy atom. The predicted molar refractivity (Wildman–Crippen MR) is 148 cm³/mol. The first-order chi connectivity index (χ1) is 17.9. The minimum atomic E-state index is -0.511. The van der Waals surface area contributed by atoms with Crippen molar-refractivity contribution in [3.8, 4) is 0 Å². The summed E-state index contributed by atoms with van der Waals surface area (Å²) in [6, 6.07) is 9.31. The first-order valence-corrected chi connectivity index (χ1v) is 13.7. The van der Waals surface area contributed by atoms with Crippen LogP contribution in [-0.4, -0.2) is 56.0 Å². The Hall–Kier alpha value is -2.28. The van der Waals surface area contributed by atoms with E-state index in [1.807, 2.05) is 0 Å². The number of aldehydes is 1. The number of aliphatic hydroxyl groups is 2. The van der Waals surface area contributed by atoms with Crippen molar-refractivity contribution in [2.45, 2.75) is 77.0 Å². The Morgan fingerprint density at radius 1 is 1.00 bits per heavy atom. The van der Waals surface area contributed by atoms with Gasteiger partial charge in [-0.15, -0.1) is 0 Å². The minimum absolute atomic E-state index is 0.101. The Morgan fingerprint density at radius 3 is 2.16 bits per heavy atom. The second-order valence-electron chi connectivity index (χ2n) is 10.0. The first-order valence-electron chi connectivity index (χ1n) is 13.7. The van der Waals surface area contributed by atoms with Gasteiger partial charge in [-0.2, -0.15) is 0 Å². The predicted octanol–water partition coefficient (Wildman–Crippen LogP) is 5.56. The molecular weight excluding hydrogens is 468 g/mol. The van der Waals surface area contributed by atoms with E-state index in [1.54, 1.807) is 7.11 Å². The van der Waals surface area contributed by atoms with Crippen molar-refractivity contribution >= 4 is 12.3 Å². The molecule has 0 amide bonds. The number of methoxy groups -OCH3 is 1. The molecule has 0 aliphatic heterocycles. The number of rotatable bonds is 16. The zero-order valence-corrected chi connectivity index (χ0v) is 23.0. The van der Waals surface area contributed by atoms with Crippen molar-refractivity contribution in [2.24, 2.45) is 11.8 Å². The van der Waals surface area contributed by atoms with Gasteiger partial charge in [-0.05, 0) is 61.5 Å². The summed E-state index contributed by atoms with van der Waals surface area (Å²) in [7, 11) is 1.69. The number of hydrogen-bond acceptors (Lipinski definition) is 6. The van der Waals surface area contributed by atoms with E-state index >= 15 is 0 Å². The van der Waals surface area contributed by atoms with E-state index in [-0.39, 0.29) is 30.3 Å². The lowest BCUT2D eigenvalue weighted by molar-refractivity contribution is -0.142. The maximum absolute atomic E-state index is 11.8. The zero-order valence-electron chi connectivity index (χ0n) is 23.0. The van der Waals surface area contributed by atoms with Gasteiger partial charge in [0.25, 0.3) is 0 Å². The maximum Gasteiger partial charge on any atom is 0.335 e. The summed E-state index contributed by atoms with van der Waals surface area (Å²) in [5.41, 5.74) is 3.24. The molecule has 0 spiro atoms. The summed E-state index contributed by atoms with van der Waals surface area (Å²) in [4.78, 5) is 21.3. The molecule has 37 heavy (non-hydrogen) atoms. The average Bonchev–Trinajstić information content (AvgIpc) is 2.94. The van der Waals surface area contributed by atoms with Crippen molar-refractivity contribution in [1.29, 1.82) is 0 Å². The number of aryl methyl sites for hydroxylation is 1. The Balaban J connectivity index is 0.00000102. The molecule has 0 bridgehead atoms. The Kier molecular flexibility index (Phi) is 17.5. The highest BCUT2D eigenvalue weighted by atomic mass is 16.5. The molecule has 208 valence electrons. The minimum Gasteiger partial charge on any atom is -0.462 e. The fourth-order valence-electron chi connectivity index (χ4n) is 4.73. The average molecular weight is 517 g/mol. The van der Waals surface area contributed by atoms with Crippen LogP contribution in [0, 0.1) is 11.8 Å². The van der Waals surface area contributed by atoms with Crippen molar-refractivity contribution in [1.82, 2.24) is 0 Å². The summed E-state index contributed by atoms with van der Waals surface area (Å²) in [6.45, 7) is 9.28. The second-order valence-corrected chi connectivity index (χ2v) is 10.0. The highest BCUT2D eigenvalue weighted by Crippen LogP contribution is 2.39. The number of aliphatic hydroxyl groups excluding tert-OH is 2. The van der Waals surface area contributed by atoms with Crippen LogP contribution in [0.3, 0.4) is 0 Å². The molecule has 1 aliphatic rings. The summed E-state index contributed by atoms with van der Waals surface area (Å²) < 4.78 is 10.8. The third-order valence-electron chi connectivity index (χ3n) is 7.12. The van der Waals surface area contributed by atoms with Gasteiger partial charge in [-0.1, -0.05) is 70.0 Å².